The lowest BCUT2D eigenvalue weighted by molar-refractivity contribution is -0.141. The van der Waals surface area contributed by atoms with E-state index in [9.17, 15) is 19.5 Å². The second-order valence-electron chi connectivity index (χ2n) is 8.36. The number of rotatable bonds is 3. The van der Waals surface area contributed by atoms with Crippen LogP contribution in [0, 0.1) is 0 Å². The zero-order chi connectivity index (χ0) is 20.4. The molecule has 1 heterocycles. The smallest absolute Gasteiger partial charge is 0.334 e. The van der Waals surface area contributed by atoms with Gasteiger partial charge in [-0.05, 0) is 66.0 Å². The number of aliphatic hydroxyl groups is 1. The first-order chi connectivity index (χ1) is 11.7. The summed E-state index contributed by atoms with van der Waals surface area (Å²) < 4.78 is 0. The Hall–Kier alpha value is -2.57. The van der Waals surface area contributed by atoms with Crippen molar-refractivity contribution in [2.45, 2.75) is 52.6 Å². The number of hydrogen-bond donors (Lipinski definition) is 1. The molecule has 0 aromatic carbocycles. The van der Waals surface area contributed by atoms with Gasteiger partial charge in [-0.1, -0.05) is 0 Å². The van der Waals surface area contributed by atoms with E-state index in [2.05, 4.69) is 0 Å². The minimum absolute atomic E-state index is 0.249. The molecule has 1 rings (SSSR count). The number of aliphatic hydroxyl groups excluding tert-OH is 1. The largest absolute Gasteiger partial charge is 0.508 e. The quantitative estimate of drug-likeness (QED) is 0.361. The fourth-order valence-corrected chi connectivity index (χ4v) is 2.42. The number of hydrogen-bond acceptors (Lipinski definition) is 5. The van der Waals surface area contributed by atoms with Gasteiger partial charge in [-0.15, -0.1) is 0 Å². The molecule has 4 amide bonds. The molecule has 7 heteroatoms. The number of carbonyl (C=O) groups excluding carboxylic acids is 3. The van der Waals surface area contributed by atoms with Gasteiger partial charge >= 0.3 is 6.03 Å². The van der Waals surface area contributed by atoms with Crippen LogP contribution < -0.4 is 0 Å². The van der Waals surface area contributed by atoms with E-state index in [1.54, 1.807) is 58.7 Å². The van der Waals surface area contributed by atoms with Gasteiger partial charge in [0.2, 0.25) is 0 Å². The normalized spacial score (nSPS) is 17.5. The zero-order valence-corrected chi connectivity index (χ0v) is 16.8. The Morgan fingerprint density at radius 1 is 0.923 bits per heavy atom. The number of nitrogens with zero attached hydrogens (tertiary/aromatic N) is 3. The predicted octanol–water partition coefficient (Wildman–Crippen LogP) is 2.82. The van der Waals surface area contributed by atoms with E-state index in [1.165, 1.54) is 6.08 Å². The molecule has 26 heavy (non-hydrogen) atoms. The molecule has 0 radical (unpaired) electrons. The third kappa shape index (κ3) is 4.74. The maximum Gasteiger partial charge on any atom is 0.334 e. The molecule has 0 bridgehead atoms. The predicted molar refractivity (Wildman–Crippen MR) is 100 cm³/mol. The molecule has 1 aliphatic heterocycles. The highest BCUT2D eigenvalue weighted by Crippen LogP contribution is 2.30. The second kappa shape index (κ2) is 7.35. The summed E-state index contributed by atoms with van der Waals surface area (Å²) in [7, 11) is 3.64. The molecule has 0 aromatic heterocycles. The van der Waals surface area contributed by atoms with Crippen LogP contribution in [0.4, 0.5) is 4.79 Å². The first-order valence-electron chi connectivity index (χ1n) is 8.36. The van der Waals surface area contributed by atoms with Crippen LogP contribution >= 0.6 is 0 Å². The maximum atomic E-state index is 12.8. The van der Waals surface area contributed by atoms with Crippen molar-refractivity contribution in [3.8, 4) is 0 Å². The van der Waals surface area contributed by atoms with Crippen LogP contribution in [0.1, 0.15) is 41.5 Å². The van der Waals surface area contributed by atoms with Crippen molar-refractivity contribution in [1.29, 1.82) is 0 Å². The minimum Gasteiger partial charge on any atom is -0.508 e. The van der Waals surface area contributed by atoms with Crippen molar-refractivity contribution < 1.29 is 19.5 Å². The molecule has 7 nitrogen and oxygen atoms in total. The molecule has 0 unspecified atom stereocenters. The monoisotopic (exact) mass is 363 g/mol. The van der Waals surface area contributed by atoms with Gasteiger partial charge in [-0.2, -0.15) is 0 Å². The van der Waals surface area contributed by atoms with Crippen LogP contribution in [0.3, 0.4) is 0 Å². The lowest BCUT2D eigenvalue weighted by atomic mass is 9.97. The van der Waals surface area contributed by atoms with E-state index >= 15 is 0 Å². The molecule has 0 atom stereocenters. The standard InChI is InChI=1S/C19H29N3O4/c1-18(2,3)21-15(24)14(12-13(23)10-9-11-20(7)8)16(25)22(17(21)26)19(4,5)6/h9-12,23H,1-8H3/b11-9+,13-10-. The van der Waals surface area contributed by atoms with Gasteiger partial charge in [-0.3, -0.25) is 19.4 Å². The minimum atomic E-state index is -0.818. The Morgan fingerprint density at radius 2 is 1.35 bits per heavy atom. The van der Waals surface area contributed by atoms with Gasteiger partial charge in [0.25, 0.3) is 11.8 Å². The van der Waals surface area contributed by atoms with Gasteiger partial charge in [0, 0.05) is 25.2 Å². The summed E-state index contributed by atoms with van der Waals surface area (Å²) in [5, 5.41) is 10.1. The van der Waals surface area contributed by atoms with Gasteiger partial charge in [-0.25, -0.2) is 4.79 Å². The highest BCUT2D eigenvalue weighted by molar-refractivity contribution is 6.29. The molecule has 1 N–H and O–H groups in total. The fraction of sp³-hybridized carbons (Fsp3) is 0.526. The molecule has 0 spiro atoms. The molecule has 144 valence electrons. The molecule has 1 fully saturated rings. The number of carbonyl (C=O) groups is 3. The maximum absolute atomic E-state index is 12.8. The van der Waals surface area contributed by atoms with Gasteiger partial charge in [0.1, 0.15) is 11.3 Å². The second-order valence-corrected chi connectivity index (χ2v) is 8.36. The van der Waals surface area contributed by atoms with Crippen LogP contribution in [-0.4, -0.2) is 62.8 Å². The van der Waals surface area contributed by atoms with Crippen molar-refractivity contribution in [3.05, 3.63) is 35.8 Å². The van der Waals surface area contributed by atoms with Gasteiger partial charge in [0.05, 0.1) is 0 Å². The molecular weight excluding hydrogens is 334 g/mol. The van der Waals surface area contributed by atoms with Crippen LogP contribution in [0.15, 0.2) is 35.8 Å². The first kappa shape index (κ1) is 21.5. The summed E-state index contributed by atoms with van der Waals surface area (Å²) in [6, 6.07) is -0.659. The Morgan fingerprint density at radius 3 is 1.69 bits per heavy atom. The van der Waals surface area contributed by atoms with Crippen molar-refractivity contribution in [3.63, 3.8) is 0 Å². The Kier molecular flexibility index (Phi) is 6.07. The molecular formula is C19H29N3O4. The Bertz CT molecular complexity index is 651. The SMILES string of the molecule is CN(C)/C=C/C=C(\O)C=C1C(=O)N(C(C)(C)C)C(=O)N(C(C)(C)C)C1=O. The zero-order valence-electron chi connectivity index (χ0n) is 16.8. The first-order valence-corrected chi connectivity index (χ1v) is 8.36. The summed E-state index contributed by atoms with van der Waals surface area (Å²) in [5.41, 5.74) is -1.88. The van der Waals surface area contributed by atoms with E-state index in [1.807, 2.05) is 14.1 Å². The van der Waals surface area contributed by atoms with Crippen molar-refractivity contribution in [2.24, 2.45) is 0 Å². The highest BCUT2D eigenvalue weighted by atomic mass is 16.3. The lowest BCUT2D eigenvalue weighted by Gasteiger charge is -2.45. The van der Waals surface area contributed by atoms with E-state index in [0.29, 0.717) is 0 Å². The van der Waals surface area contributed by atoms with Gasteiger partial charge in [0.15, 0.2) is 0 Å². The number of imide groups is 2. The summed E-state index contributed by atoms with van der Waals surface area (Å²) in [6.45, 7) is 10.3. The molecule has 1 saturated heterocycles. The van der Waals surface area contributed by atoms with Crippen LogP contribution in [0.25, 0.3) is 0 Å². The van der Waals surface area contributed by atoms with Crippen LogP contribution in [-0.2, 0) is 9.59 Å². The number of allylic oxidation sites excluding steroid dienone is 3. The fourth-order valence-electron chi connectivity index (χ4n) is 2.42. The molecule has 0 aromatic rings. The van der Waals surface area contributed by atoms with Crippen LogP contribution in [0.5, 0.6) is 0 Å². The van der Waals surface area contributed by atoms with E-state index in [4.69, 9.17) is 0 Å². The van der Waals surface area contributed by atoms with Crippen molar-refractivity contribution in [1.82, 2.24) is 14.7 Å². The average Bonchev–Trinajstić information content (AvgIpc) is 2.39. The van der Waals surface area contributed by atoms with Gasteiger partial charge < -0.3 is 10.0 Å². The van der Waals surface area contributed by atoms with E-state index < -0.39 is 28.9 Å². The highest BCUT2D eigenvalue weighted by Gasteiger charge is 2.49. The summed E-state index contributed by atoms with van der Waals surface area (Å²) in [4.78, 5) is 42.3. The summed E-state index contributed by atoms with van der Waals surface area (Å²) in [5.74, 6) is -1.69. The number of amides is 4. The van der Waals surface area contributed by atoms with Crippen molar-refractivity contribution in [2.75, 3.05) is 14.1 Å². The van der Waals surface area contributed by atoms with Crippen LogP contribution in [0.2, 0.25) is 0 Å². The average molecular weight is 363 g/mol. The van der Waals surface area contributed by atoms with E-state index in [0.717, 1.165) is 15.9 Å². The Labute approximate surface area is 155 Å². The number of barbiturate groups is 1. The summed E-state index contributed by atoms with van der Waals surface area (Å²) in [6.07, 6.45) is 5.76. The van der Waals surface area contributed by atoms with Crippen molar-refractivity contribution >= 4 is 17.8 Å². The van der Waals surface area contributed by atoms with E-state index in [-0.39, 0.29) is 11.3 Å². The molecule has 0 saturated carbocycles. The topological polar surface area (TPSA) is 81.2 Å². The number of urea groups is 1. The Balaban J connectivity index is 3.45. The third-order valence-electron chi connectivity index (χ3n) is 3.53. The third-order valence-corrected chi connectivity index (χ3v) is 3.53. The molecule has 1 aliphatic rings. The summed E-state index contributed by atoms with van der Waals surface area (Å²) >= 11 is 0. The lowest BCUT2D eigenvalue weighted by Crippen LogP contribution is -2.65. The molecule has 0 aliphatic carbocycles.